The van der Waals surface area contributed by atoms with E-state index >= 15 is 0 Å². The highest BCUT2D eigenvalue weighted by molar-refractivity contribution is 9.10. The molecule has 1 amide bonds. The van der Waals surface area contributed by atoms with Crippen LogP contribution >= 0.6 is 15.9 Å². The monoisotopic (exact) mass is 392 g/mol. The molecule has 1 aromatic heterocycles. The molecule has 2 aromatic carbocycles. The van der Waals surface area contributed by atoms with Crippen LogP contribution in [0.15, 0.2) is 71.3 Å². The van der Waals surface area contributed by atoms with Crippen LogP contribution in [-0.4, -0.2) is 10.9 Å². The molecule has 0 aliphatic rings. The Kier molecular flexibility index (Phi) is 5.07. The van der Waals surface area contributed by atoms with Gasteiger partial charge < -0.3 is 10.6 Å². The number of aromatic nitrogens is 1. The van der Waals surface area contributed by atoms with Crippen molar-refractivity contribution in [1.29, 1.82) is 5.26 Å². The predicted molar refractivity (Wildman–Crippen MR) is 101 cm³/mol. The first-order chi connectivity index (χ1) is 12.1. The van der Waals surface area contributed by atoms with Gasteiger partial charge in [-0.25, -0.2) is 4.98 Å². The van der Waals surface area contributed by atoms with Crippen molar-refractivity contribution in [3.8, 4) is 6.07 Å². The highest BCUT2D eigenvalue weighted by Gasteiger charge is 2.08. The van der Waals surface area contributed by atoms with E-state index in [1.807, 2.05) is 30.3 Å². The minimum absolute atomic E-state index is 0.267. The van der Waals surface area contributed by atoms with Crippen molar-refractivity contribution in [2.75, 3.05) is 10.6 Å². The molecule has 0 aliphatic carbocycles. The SMILES string of the molecule is N#Cc1cccc(NC(=O)c2ccnc(Nc3ccc(Br)cc3)c2)c1. The van der Waals surface area contributed by atoms with Gasteiger partial charge in [-0.3, -0.25) is 4.79 Å². The maximum Gasteiger partial charge on any atom is 0.255 e. The van der Waals surface area contributed by atoms with Crippen LogP contribution in [0.1, 0.15) is 15.9 Å². The van der Waals surface area contributed by atoms with E-state index in [1.54, 1.807) is 42.6 Å². The molecule has 6 heteroatoms. The fraction of sp³-hybridized carbons (Fsp3) is 0. The average Bonchev–Trinajstić information content (AvgIpc) is 2.64. The largest absolute Gasteiger partial charge is 0.340 e. The number of hydrogen-bond donors (Lipinski definition) is 2. The molecule has 3 rings (SSSR count). The Morgan fingerprint density at radius 3 is 2.60 bits per heavy atom. The molecule has 0 atom stereocenters. The number of hydrogen-bond acceptors (Lipinski definition) is 4. The first-order valence-corrected chi connectivity index (χ1v) is 8.23. The smallest absolute Gasteiger partial charge is 0.255 e. The summed E-state index contributed by atoms with van der Waals surface area (Å²) in [6.07, 6.45) is 1.57. The minimum atomic E-state index is -0.267. The number of halogens is 1. The van der Waals surface area contributed by atoms with Crippen LogP contribution in [-0.2, 0) is 0 Å². The fourth-order valence-electron chi connectivity index (χ4n) is 2.19. The third kappa shape index (κ3) is 4.43. The summed E-state index contributed by atoms with van der Waals surface area (Å²) < 4.78 is 0.985. The Hall–Kier alpha value is -3.17. The second-order valence-electron chi connectivity index (χ2n) is 5.21. The molecule has 0 spiro atoms. The topological polar surface area (TPSA) is 77.8 Å². The first kappa shape index (κ1) is 16.7. The zero-order chi connectivity index (χ0) is 17.6. The molecule has 0 aliphatic heterocycles. The molecule has 0 bridgehead atoms. The van der Waals surface area contributed by atoms with Crippen molar-refractivity contribution in [3.05, 3.63) is 82.5 Å². The summed E-state index contributed by atoms with van der Waals surface area (Å²) in [5, 5.41) is 14.9. The van der Waals surface area contributed by atoms with Gasteiger partial charge in [0.2, 0.25) is 0 Å². The number of amides is 1. The van der Waals surface area contributed by atoms with E-state index in [-0.39, 0.29) is 5.91 Å². The highest BCUT2D eigenvalue weighted by atomic mass is 79.9. The molecule has 0 saturated heterocycles. The number of pyridine rings is 1. The van der Waals surface area contributed by atoms with Crippen LogP contribution in [0.3, 0.4) is 0 Å². The van der Waals surface area contributed by atoms with Crippen molar-refractivity contribution < 1.29 is 4.79 Å². The summed E-state index contributed by atoms with van der Waals surface area (Å²) in [5.41, 5.74) is 2.40. The fourth-order valence-corrected chi connectivity index (χ4v) is 2.46. The van der Waals surface area contributed by atoms with Crippen LogP contribution in [0.4, 0.5) is 17.2 Å². The van der Waals surface area contributed by atoms with E-state index in [2.05, 4.69) is 31.5 Å². The van der Waals surface area contributed by atoms with Gasteiger partial charge in [0, 0.05) is 27.6 Å². The third-order valence-electron chi connectivity index (χ3n) is 3.39. The van der Waals surface area contributed by atoms with Gasteiger partial charge in [0.15, 0.2) is 0 Å². The van der Waals surface area contributed by atoms with Crippen LogP contribution in [0.25, 0.3) is 0 Å². The highest BCUT2D eigenvalue weighted by Crippen LogP contribution is 2.19. The zero-order valence-electron chi connectivity index (χ0n) is 13.0. The normalized spacial score (nSPS) is 9.92. The average molecular weight is 393 g/mol. The van der Waals surface area contributed by atoms with Crippen LogP contribution < -0.4 is 10.6 Å². The van der Waals surface area contributed by atoms with Crippen molar-refractivity contribution in [2.45, 2.75) is 0 Å². The van der Waals surface area contributed by atoms with Crippen LogP contribution in [0.2, 0.25) is 0 Å². The van der Waals surface area contributed by atoms with Gasteiger partial charge in [0.1, 0.15) is 5.82 Å². The number of nitrogens with one attached hydrogen (secondary N) is 2. The number of carbonyl (C=O) groups is 1. The number of nitrogens with zero attached hydrogens (tertiary/aromatic N) is 2. The van der Waals surface area contributed by atoms with E-state index in [0.29, 0.717) is 22.6 Å². The molecule has 5 nitrogen and oxygen atoms in total. The minimum Gasteiger partial charge on any atom is -0.340 e. The van der Waals surface area contributed by atoms with E-state index in [4.69, 9.17) is 5.26 Å². The number of nitriles is 1. The van der Waals surface area contributed by atoms with Gasteiger partial charge in [-0.2, -0.15) is 5.26 Å². The lowest BCUT2D eigenvalue weighted by Crippen LogP contribution is -2.12. The predicted octanol–water partition coefficient (Wildman–Crippen LogP) is 4.71. The lowest BCUT2D eigenvalue weighted by atomic mass is 10.2. The number of benzene rings is 2. The summed E-state index contributed by atoms with van der Waals surface area (Å²) >= 11 is 3.39. The van der Waals surface area contributed by atoms with Gasteiger partial charge in [0.05, 0.1) is 11.6 Å². The van der Waals surface area contributed by atoms with Gasteiger partial charge in [-0.05, 0) is 54.6 Å². The summed E-state index contributed by atoms with van der Waals surface area (Å²) in [7, 11) is 0. The van der Waals surface area contributed by atoms with Gasteiger partial charge >= 0.3 is 0 Å². The lowest BCUT2D eigenvalue weighted by molar-refractivity contribution is 0.102. The van der Waals surface area contributed by atoms with E-state index in [1.165, 1.54) is 0 Å². The summed E-state index contributed by atoms with van der Waals surface area (Å²) in [6.45, 7) is 0. The molecule has 0 unspecified atom stereocenters. The molecule has 122 valence electrons. The maximum atomic E-state index is 12.4. The number of rotatable bonds is 4. The zero-order valence-corrected chi connectivity index (χ0v) is 14.6. The molecule has 1 heterocycles. The quantitative estimate of drug-likeness (QED) is 0.673. The van der Waals surface area contributed by atoms with E-state index in [0.717, 1.165) is 10.2 Å². The second kappa shape index (κ2) is 7.60. The Morgan fingerprint density at radius 1 is 1.04 bits per heavy atom. The molecular weight excluding hydrogens is 380 g/mol. The molecule has 25 heavy (non-hydrogen) atoms. The summed E-state index contributed by atoms with van der Waals surface area (Å²) in [6, 6.07) is 19.8. The number of carbonyl (C=O) groups excluding carboxylic acids is 1. The van der Waals surface area contributed by atoms with Crippen LogP contribution in [0.5, 0.6) is 0 Å². The summed E-state index contributed by atoms with van der Waals surface area (Å²) in [5.74, 6) is 0.303. The Morgan fingerprint density at radius 2 is 1.84 bits per heavy atom. The standard InChI is InChI=1S/C19H13BrN4O/c20-15-4-6-16(7-5-15)23-18-11-14(8-9-22-18)19(25)24-17-3-1-2-13(10-17)12-21/h1-11H,(H,22,23)(H,24,25). The molecule has 3 aromatic rings. The molecule has 0 saturated carbocycles. The molecular formula is C19H13BrN4O. The third-order valence-corrected chi connectivity index (χ3v) is 3.92. The lowest BCUT2D eigenvalue weighted by Gasteiger charge is -2.09. The maximum absolute atomic E-state index is 12.4. The second-order valence-corrected chi connectivity index (χ2v) is 6.12. The van der Waals surface area contributed by atoms with Gasteiger partial charge in [0.25, 0.3) is 5.91 Å². The van der Waals surface area contributed by atoms with Crippen molar-refractivity contribution >= 4 is 39.0 Å². The Balaban J connectivity index is 1.75. The Labute approximate surface area is 153 Å². The van der Waals surface area contributed by atoms with Crippen LogP contribution in [0, 0.1) is 11.3 Å². The molecule has 0 radical (unpaired) electrons. The van der Waals surface area contributed by atoms with Crippen molar-refractivity contribution in [1.82, 2.24) is 4.98 Å². The molecule has 0 fully saturated rings. The molecule has 2 N–H and O–H groups in total. The summed E-state index contributed by atoms with van der Waals surface area (Å²) in [4.78, 5) is 16.6. The van der Waals surface area contributed by atoms with Crippen molar-refractivity contribution in [3.63, 3.8) is 0 Å². The Bertz CT molecular complexity index is 948. The first-order valence-electron chi connectivity index (χ1n) is 7.44. The van der Waals surface area contributed by atoms with E-state index < -0.39 is 0 Å². The van der Waals surface area contributed by atoms with Crippen molar-refractivity contribution in [2.24, 2.45) is 0 Å². The van der Waals surface area contributed by atoms with E-state index in [9.17, 15) is 4.79 Å². The van der Waals surface area contributed by atoms with Gasteiger partial charge in [-0.1, -0.05) is 22.0 Å². The number of anilines is 3. The van der Waals surface area contributed by atoms with Gasteiger partial charge in [-0.15, -0.1) is 0 Å².